The lowest BCUT2D eigenvalue weighted by atomic mass is 10.2. The van der Waals surface area contributed by atoms with E-state index in [9.17, 15) is 0 Å². The zero-order chi connectivity index (χ0) is 11.2. The molecule has 0 spiro atoms. The van der Waals surface area contributed by atoms with Crippen LogP contribution in [-0.2, 0) is 19.6 Å². The van der Waals surface area contributed by atoms with Gasteiger partial charge in [0.1, 0.15) is 12.2 Å². The standard InChI is InChI=1S/C12H16N4/c1-2-16-10-14-15-12(16)9-13-8-11-6-4-3-5-7-11/h3-7,10,13H,2,8-9H2,1H3. The fourth-order valence-corrected chi connectivity index (χ4v) is 1.59. The highest BCUT2D eigenvalue weighted by molar-refractivity contribution is 5.14. The maximum absolute atomic E-state index is 4.07. The van der Waals surface area contributed by atoms with E-state index in [-0.39, 0.29) is 0 Å². The summed E-state index contributed by atoms with van der Waals surface area (Å²) >= 11 is 0. The molecule has 0 fully saturated rings. The molecule has 0 aliphatic heterocycles. The summed E-state index contributed by atoms with van der Waals surface area (Å²) in [5.41, 5.74) is 1.28. The monoisotopic (exact) mass is 216 g/mol. The van der Waals surface area contributed by atoms with Crippen molar-refractivity contribution in [3.05, 3.63) is 48.0 Å². The molecular formula is C12H16N4. The third-order valence-corrected chi connectivity index (χ3v) is 2.49. The van der Waals surface area contributed by atoms with Gasteiger partial charge in [-0.25, -0.2) is 0 Å². The lowest BCUT2D eigenvalue weighted by molar-refractivity contribution is 0.612. The molecule has 1 N–H and O–H groups in total. The van der Waals surface area contributed by atoms with E-state index in [2.05, 4.69) is 34.6 Å². The van der Waals surface area contributed by atoms with Crippen LogP contribution in [0.2, 0.25) is 0 Å². The molecule has 0 amide bonds. The predicted octanol–water partition coefficient (Wildman–Crippen LogP) is 1.59. The van der Waals surface area contributed by atoms with E-state index in [0.717, 1.165) is 25.5 Å². The van der Waals surface area contributed by atoms with Gasteiger partial charge in [0, 0.05) is 13.1 Å². The Hall–Kier alpha value is -1.68. The lowest BCUT2D eigenvalue weighted by Gasteiger charge is -2.05. The first-order chi connectivity index (χ1) is 7.90. The number of nitrogens with one attached hydrogen (secondary N) is 1. The van der Waals surface area contributed by atoms with Gasteiger partial charge in [-0.1, -0.05) is 30.3 Å². The highest BCUT2D eigenvalue weighted by atomic mass is 15.3. The molecule has 0 unspecified atom stereocenters. The molecule has 4 nitrogen and oxygen atoms in total. The summed E-state index contributed by atoms with van der Waals surface area (Å²) in [6.45, 7) is 4.61. The van der Waals surface area contributed by atoms with Crippen LogP contribution in [0.5, 0.6) is 0 Å². The Labute approximate surface area is 95.3 Å². The van der Waals surface area contributed by atoms with Gasteiger partial charge in [0.2, 0.25) is 0 Å². The van der Waals surface area contributed by atoms with Gasteiger partial charge in [0.25, 0.3) is 0 Å². The minimum Gasteiger partial charge on any atom is -0.317 e. The first-order valence-electron chi connectivity index (χ1n) is 5.51. The van der Waals surface area contributed by atoms with Gasteiger partial charge in [0.05, 0.1) is 6.54 Å². The Bertz CT molecular complexity index is 422. The molecule has 2 aromatic rings. The lowest BCUT2D eigenvalue weighted by Crippen LogP contribution is -2.16. The van der Waals surface area contributed by atoms with E-state index in [0.29, 0.717) is 0 Å². The van der Waals surface area contributed by atoms with Gasteiger partial charge >= 0.3 is 0 Å². The number of aryl methyl sites for hydroxylation is 1. The Kier molecular flexibility index (Phi) is 3.66. The Morgan fingerprint density at radius 1 is 1.19 bits per heavy atom. The van der Waals surface area contributed by atoms with Crippen molar-refractivity contribution in [2.75, 3.05) is 0 Å². The van der Waals surface area contributed by atoms with Crippen LogP contribution in [0, 0.1) is 0 Å². The largest absolute Gasteiger partial charge is 0.317 e. The molecule has 1 aromatic carbocycles. The van der Waals surface area contributed by atoms with Crippen molar-refractivity contribution in [2.45, 2.75) is 26.6 Å². The fourth-order valence-electron chi connectivity index (χ4n) is 1.59. The van der Waals surface area contributed by atoms with Crippen LogP contribution >= 0.6 is 0 Å². The molecule has 1 heterocycles. The van der Waals surface area contributed by atoms with Gasteiger partial charge in [-0.15, -0.1) is 10.2 Å². The molecule has 0 saturated heterocycles. The number of aromatic nitrogens is 3. The summed E-state index contributed by atoms with van der Waals surface area (Å²) in [5.74, 6) is 0.985. The molecule has 0 aliphatic carbocycles. The highest BCUT2D eigenvalue weighted by Crippen LogP contribution is 1.99. The van der Waals surface area contributed by atoms with E-state index in [1.807, 2.05) is 22.8 Å². The van der Waals surface area contributed by atoms with Crippen LogP contribution < -0.4 is 5.32 Å². The summed E-state index contributed by atoms with van der Waals surface area (Å²) in [5, 5.41) is 11.3. The fraction of sp³-hybridized carbons (Fsp3) is 0.333. The molecule has 0 bridgehead atoms. The molecular weight excluding hydrogens is 200 g/mol. The minimum atomic E-state index is 0.753. The van der Waals surface area contributed by atoms with Crippen LogP contribution in [0.4, 0.5) is 0 Å². The second-order valence-corrected chi connectivity index (χ2v) is 3.62. The molecule has 0 radical (unpaired) electrons. The smallest absolute Gasteiger partial charge is 0.146 e. The Balaban J connectivity index is 1.85. The molecule has 0 atom stereocenters. The van der Waals surface area contributed by atoms with Crippen LogP contribution in [0.15, 0.2) is 36.7 Å². The molecule has 4 heteroatoms. The summed E-state index contributed by atoms with van der Waals surface area (Å²) in [6.07, 6.45) is 1.76. The summed E-state index contributed by atoms with van der Waals surface area (Å²) in [4.78, 5) is 0. The molecule has 1 aromatic heterocycles. The summed E-state index contributed by atoms with van der Waals surface area (Å²) < 4.78 is 2.04. The first kappa shape index (κ1) is 10.8. The number of benzene rings is 1. The number of nitrogens with zero attached hydrogens (tertiary/aromatic N) is 3. The number of hydrogen-bond acceptors (Lipinski definition) is 3. The van der Waals surface area contributed by atoms with Crippen molar-refractivity contribution in [1.82, 2.24) is 20.1 Å². The summed E-state index contributed by atoms with van der Waals surface area (Å²) in [7, 11) is 0. The zero-order valence-corrected chi connectivity index (χ0v) is 9.43. The van der Waals surface area contributed by atoms with Crippen LogP contribution in [0.3, 0.4) is 0 Å². The van der Waals surface area contributed by atoms with Crippen molar-refractivity contribution in [3.8, 4) is 0 Å². The third-order valence-electron chi connectivity index (χ3n) is 2.49. The summed E-state index contributed by atoms with van der Waals surface area (Å²) in [6, 6.07) is 10.3. The second-order valence-electron chi connectivity index (χ2n) is 3.62. The molecule has 16 heavy (non-hydrogen) atoms. The van der Waals surface area contributed by atoms with Crippen molar-refractivity contribution in [3.63, 3.8) is 0 Å². The van der Waals surface area contributed by atoms with Crippen molar-refractivity contribution in [1.29, 1.82) is 0 Å². The predicted molar refractivity (Wildman–Crippen MR) is 62.7 cm³/mol. The van der Waals surface area contributed by atoms with Crippen molar-refractivity contribution < 1.29 is 0 Å². The van der Waals surface area contributed by atoms with Crippen LogP contribution in [0.25, 0.3) is 0 Å². The van der Waals surface area contributed by atoms with Gasteiger partial charge in [-0.3, -0.25) is 0 Å². The Morgan fingerprint density at radius 2 is 2.00 bits per heavy atom. The van der Waals surface area contributed by atoms with Crippen LogP contribution in [0.1, 0.15) is 18.3 Å². The van der Waals surface area contributed by atoms with Gasteiger partial charge < -0.3 is 9.88 Å². The number of rotatable bonds is 5. The van der Waals surface area contributed by atoms with E-state index < -0.39 is 0 Å². The molecule has 0 saturated carbocycles. The topological polar surface area (TPSA) is 42.7 Å². The van der Waals surface area contributed by atoms with E-state index >= 15 is 0 Å². The number of hydrogen-bond donors (Lipinski definition) is 1. The first-order valence-corrected chi connectivity index (χ1v) is 5.51. The average Bonchev–Trinajstić information content (AvgIpc) is 2.78. The van der Waals surface area contributed by atoms with Crippen molar-refractivity contribution in [2.24, 2.45) is 0 Å². The van der Waals surface area contributed by atoms with Gasteiger partial charge in [-0.2, -0.15) is 0 Å². The van der Waals surface area contributed by atoms with Crippen LogP contribution in [-0.4, -0.2) is 14.8 Å². The minimum absolute atomic E-state index is 0.753. The maximum Gasteiger partial charge on any atom is 0.146 e. The zero-order valence-electron chi connectivity index (χ0n) is 9.43. The van der Waals surface area contributed by atoms with Gasteiger partial charge in [-0.05, 0) is 12.5 Å². The van der Waals surface area contributed by atoms with E-state index in [4.69, 9.17) is 0 Å². The SMILES string of the molecule is CCn1cnnc1CNCc1ccccc1. The average molecular weight is 216 g/mol. The van der Waals surface area contributed by atoms with Gasteiger partial charge in [0.15, 0.2) is 0 Å². The molecule has 2 rings (SSSR count). The quantitative estimate of drug-likeness (QED) is 0.825. The second kappa shape index (κ2) is 5.42. The van der Waals surface area contributed by atoms with E-state index in [1.54, 1.807) is 6.33 Å². The Morgan fingerprint density at radius 3 is 2.75 bits per heavy atom. The third kappa shape index (κ3) is 2.67. The maximum atomic E-state index is 4.07. The highest BCUT2D eigenvalue weighted by Gasteiger charge is 2.01. The molecule has 0 aliphatic rings. The van der Waals surface area contributed by atoms with Crippen molar-refractivity contribution >= 4 is 0 Å². The van der Waals surface area contributed by atoms with E-state index in [1.165, 1.54) is 5.56 Å². The molecule has 84 valence electrons. The normalized spacial score (nSPS) is 10.6.